The molecule has 0 spiro atoms. The average molecular weight is 425 g/mol. The van der Waals surface area contributed by atoms with Crippen molar-refractivity contribution in [3.63, 3.8) is 0 Å². The van der Waals surface area contributed by atoms with Gasteiger partial charge in [0.05, 0.1) is 24.6 Å². The molecular formula is C21H23F4N3O2. The number of amides is 1. The second-order valence-electron chi connectivity index (χ2n) is 7.28. The predicted molar refractivity (Wildman–Crippen MR) is 104 cm³/mol. The Morgan fingerprint density at radius 2 is 2.10 bits per heavy atom. The zero-order valence-corrected chi connectivity index (χ0v) is 16.7. The number of pyridine rings is 1. The van der Waals surface area contributed by atoms with E-state index in [4.69, 9.17) is 4.74 Å². The lowest BCUT2D eigenvalue weighted by Crippen LogP contribution is -2.44. The molecule has 2 heterocycles. The Labute approximate surface area is 172 Å². The quantitative estimate of drug-likeness (QED) is 0.724. The van der Waals surface area contributed by atoms with E-state index in [0.717, 1.165) is 6.07 Å². The third-order valence-electron chi connectivity index (χ3n) is 5.22. The Kier molecular flexibility index (Phi) is 6.48. The molecule has 0 bridgehead atoms. The van der Waals surface area contributed by atoms with Gasteiger partial charge in [-0.3, -0.25) is 4.79 Å². The molecule has 2 atom stereocenters. The largest absolute Gasteiger partial charge is 0.494 e. The van der Waals surface area contributed by atoms with Crippen LogP contribution in [0.4, 0.5) is 23.4 Å². The SMILES string of the molecule is COc1ccc(C(C)NC(=O)C2CCCN(c3ncccc3C(F)(F)F)C2)cc1F. The Balaban J connectivity index is 1.70. The van der Waals surface area contributed by atoms with Crippen LogP contribution in [0, 0.1) is 11.7 Å². The Morgan fingerprint density at radius 3 is 2.77 bits per heavy atom. The van der Waals surface area contributed by atoms with Crippen LogP contribution < -0.4 is 15.0 Å². The fourth-order valence-electron chi connectivity index (χ4n) is 3.62. The number of anilines is 1. The number of ether oxygens (including phenoxy) is 1. The van der Waals surface area contributed by atoms with Gasteiger partial charge in [-0.2, -0.15) is 13.2 Å². The van der Waals surface area contributed by atoms with E-state index in [1.54, 1.807) is 13.0 Å². The van der Waals surface area contributed by atoms with Crippen molar-refractivity contribution in [3.8, 4) is 5.75 Å². The predicted octanol–water partition coefficient (Wildman–Crippen LogP) is 4.34. The van der Waals surface area contributed by atoms with Crippen molar-refractivity contribution in [3.05, 3.63) is 53.5 Å². The van der Waals surface area contributed by atoms with Crippen LogP contribution in [0.15, 0.2) is 36.5 Å². The lowest BCUT2D eigenvalue weighted by Gasteiger charge is -2.34. The highest BCUT2D eigenvalue weighted by molar-refractivity contribution is 5.80. The lowest BCUT2D eigenvalue weighted by molar-refractivity contribution is -0.137. The van der Waals surface area contributed by atoms with Crippen molar-refractivity contribution in [1.82, 2.24) is 10.3 Å². The van der Waals surface area contributed by atoms with E-state index in [0.29, 0.717) is 24.9 Å². The summed E-state index contributed by atoms with van der Waals surface area (Å²) in [5.74, 6) is -1.36. The van der Waals surface area contributed by atoms with Gasteiger partial charge in [-0.25, -0.2) is 9.37 Å². The summed E-state index contributed by atoms with van der Waals surface area (Å²) < 4.78 is 58.8. The van der Waals surface area contributed by atoms with Crippen LogP contribution >= 0.6 is 0 Å². The molecule has 1 aliphatic rings. The van der Waals surface area contributed by atoms with Crippen molar-refractivity contribution < 1.29 is 27.1 Å². The van der Waals surface area contributed by atoms with E-state index in [2.05, 4.69) is 10.3 Å². The second kappa shape index (κ2) is 8.89. The van der Waals surface area contributed by atoms with E-state index in [9.17, 15) is 22.4 Å². The van der Waals surface area contributed by atoms with Crippen LogP contribution in [0.2, 0.25) is 0 Å². The molecule has 1 aliphatic heterocycles. The number of hydrogen-bond acceptors (Lipinski definition) is 4. The smallest absolute Gasteiger partial charge is 0.419 e. The standard InChI is InChI=1S/C21H23F4N3O2/c1-13(14-7-8-18(30-2)17(22)11-14)27-20(29)15-5-4-10-28(12-15)19-16(21(23,24)25)6-3-9-26-19/h3,6-9,11,13,15H,4-5,10,12H2,1-2H3,(H,27,29). The summed E-state index contributed by atoms with van der Waals surface area (Å²) in [6.45, 7) is 2.25. The number of nitrogens with one attached hydrogen (secondary N) is 1. The minimum atomic E-state index is -4.52. The third-order valence-corrected chi connectivity index (χ3v) is 5.22. The topological polar surface area (TPSA) is 54.5 Å². The van der Waals surface area contributed by atoms with Gasteiger partial charge in [0.2, 0.25) is 5.91 Å². The van der Waals surface area contributed by atoms with Gasteiger partial charge in [-0.05, 0) is 49.6 Å². The lowest BCUT2D eigenvalue weighted by atomic mass is 9.96. The Morgan fingerprint density at radius 1 is 1.33 bits per heavy atom. The fraction of sp³-hybridized carbons (Fsp3) is 0.429. The van der Waals surface area contributed by atoms with Gasteiger partial charge in [0.15, 0.2) is 11.6 Å². The first-order chi connectivity index (χ1) is 14.2. The normalized spacial score (nSPS) is 18.1. The molecule has 1 N–H and O–H groups in total. The van der Waals surface area contributed by atoms with Gasteiger partial charge in [0.25, 0.3) is 0 Å². The van der Waals surface area contributed by atoms with Crippen LogP contribution in [0.1, 0.15) is 36.9 Å². The summed E-state index contributed by atoms with van der Waals surface area (Å²) in [5.41, 5.74) is -0.244. The Hall–Kier alpha value is -2.84. The van der Waals surface area contributed by atoms with Gasteiger partial charge in [-0.15, -0.1) is 0 Å². The van der Waals surface area contributed by atoms with E-state index >= 15 is 0 Å². The maximum atomic E-state index is 13.9. The first kappa shape index (κ1) is 21.9. The number of rotatable bonds is 5. The average Bonchev–Trinajstić information content (AvgIpc) is 2.73. The van der Waals surface area contributed by atoms with Crippen molar-refractivity contribution in [2.24, 2.45) is 5.92 Å². The summed E-state index contributed by atoms with van der Waals surface area (Å²) in [5, 5.41) is 2.83. The van der Waals surface area contributed by atoms with Crippen molar-refractivity contribution >= 4 is 11.7 Å². The van der Waals surface area contributed by atoms with Crippen LogP contribution in [0.5, 0.6) is 5.75 Å². The van der Waals surface area contributed by atoms with E-state index in [-0.39, 0.29) is 24.0 Å². The summed E-state index contributed by atoms with van der Waals surface area (Å²) in [6, 6.07) is 6.20. The maximum absolute atomic E-state index is 13.9. The molecule has 0 aliphatic carbocycles. The van der Waals surface area contributed by atoms with Crippen LogP contribution in [0.3, 0.4) is 0 Å². The van der Waals surface area contributed by atoms with Gasteiger partial charge in [-0.1, -0.05) is 6.07 Å². The molecule has 2 aromatic rings. The molecule has 162 valence electrons. The monoisotopic (exact) mass is 425 g/mol. The molecule has 1 saturated heterocycles. The molecule has 1 fully saturated rings. The highest BCUT2D eigenvalue weighted by Crippen LogP contribution is 2.36. The molecule has 1 aromatic heterocycles. The number of carbonyl (C=O) groups is 1. The molecule has 0 radical (unpaired) electrons. The number of aromatic nitrogens is 1. The highest BCUT2D eigenvalue weighted by Gasteiger charge is 2.37. The van der Waals surface area contributed by atoms with Gasteiger partial charge >= 0.3 is 6.18 Å². The van der Waals surface area contributed by atoms with Crippen molar-refractivity contribution in [2.45, 2.75) is 32.0 Å². The van der Waals surface area contributed by atoms with E-state index in [1.807, 2.05) is 0 Å². The number of halogens is 4. The van der Waals surface area contributed by atoms with E-state index < -0.39 is 29.5 Å². The fourth-order valence-corrected chi connectivity index (χ4v) is 3.62. The zero-order chi connectivity index (χ0) is 21.9. The van der Waals surface area contributed by atoms with Crippen LogP contribution in [0.25, 0.3) is 0 Å². The molecule has 30 heavy (non-hydrogen) atoms. The molecule has 9 heteroatoms. The Bertz CT molecular complexity index is 904. The van der Waals surface area contributed by atoms with Gasteiger partial charge in [0.1, 0.15) is 5.82 Å². The first-order valence-electron chi connectivity index (χ1n) is 9.61. The molecular weight excluding hydrogens is 402 g/mol. The zero-order valence-electron chi connectivity index (χ0n) is 16.7. The number of alkyl halides is 3. The number of carbonyl (C=O) groups excluding carboxylic acids is 1. The summed E-state index contributed by atoms with van der Waals surface area (Å²) >= 11 is 0. The number of nitrogens with zero attached hydrogens (tertiary/aromatic N) is 2. The molecule has 5 nitrogen and oxygen atoms in total. The molecule has 0 saturated carbocycles. The van der Waals surface area contributed by atoms with Gasteiger partial charge < -0.3 is 15.0 Å². The molecule has 2 unspecified atom stereocenters. The van der Waals surface area contributed by atoms with E-state index in [1.165, 1.54) is 36.4 Å². The number of benzene rings is 1. The second-order valence-corrected chi connectivity index (χ2v) is 7.28. The minimum Gasteiger partial charge on any atom is -0.494 e. The number of piperidine rings is 1. The molecule has 1 amide bonds. The summed E-state index contributed by atoms with van der Waals surface area (Å²) in [6.07, 6.45) is -2.09. The minimum absolute atomic E-state index is 0.107. The highest BCUT2D eigenvalue weighted by atomic mass is 19.4. The number of hydrogen-bond donors (Lipinski definition) is 1. The van der Waals surface area contributed by atoms with Gasteiger partial charge in [0, 0.05) is 19.3 Å². The third kappa shape index (κ3) is 4.83. The summed E-state index contributed by atoms with van der Waals surface area (Å²) in [7, 11) is 1.36. The van der Waals surface area contributed by atoms with Crippen LogP contribution in [-0.4, -0.2) is 31.1 Å². The van der Waals surface area contributed by atoms with Crippen molar-refractivity contribution in [2.75, 3.05) is 25.1 Å². The van der Waals surface area contributed by atoms with Crippen LogP contribution in [-0.2, 0) is 11.0 Å². The molecule has 3 rings (SSSR count). The number of methoxy groups -OCH3 is 1. The van der Waals surface area contributed by atoms with Crippen molar-refractivity contribution in [1.29, 1.82) is 0 Å². The summed E-state index contributed by atoms with van der Waals surface area (Å²) in [4.78, 5) is 18.2. The molecule has 1 aromatic carbocycles. The first-order valence-corrected chi connectivity index (χ1v) is 9.61. The maximum Gasteiger partial charge on any atom is 0.419 e.